The van der Waals surface area contributed by atoms with Crippen LogP contribution in [-0.4, -0.2) is 55.5 Å². The van der Waals surface area contributed by atoms with Gasteiger partial charge in [0.25, 0.3) is 0 Å². The van der Waals surface area contributed by atoms with Crippen LogP contribution in [0.5, 0.6) is 0 Å². The van der Waals surface area contributed by atoms with Gasteiger partial charge in [0, 0.05) is 26.2 Å². The maximum Gasteiger partial charge on any atom is 0.0599 e. The minimum Gasteiger partial charge on any atom is -0.395 e. The van der Waals surface area contributed by atoms with Crippen molar-refractivity contribution in [1.29, 1.82) is 0 Å². The molecule has 1 saturated heterocycles. The van der Waals surface area contributed by atoms with Crippen LogP contribution in [0, 0.1) is 0 Å². The molecule has 4 nitrogen and oxygen atoms in total. The van der Waals surface area contributed by atoms with Gasteiger partial charge < -0.3 is 20.5 Å². The van der Waals surface area contributed by atoms with E-state index in [0.29, 0.717) is 12.6 Å². The molecule has 1 fully saturated rings. The van der Waals surface area contributed by atoms with Gasteiger partial charge in [0.1, 0.15) is 0 Å². The first-order valence-corrected chi connectivity index (χ1v) is 5.51. The smallest absolute Gasteiger partial charge is 0.0599 e. The molecule has 1 aliphatic heterocycles. The summed E-state index contributed by atoms with van der Waals surface area (Å²) in [4.78, 5) is 2.28. The predicted octanol–water partition coefficient (Wildman–Crippen LogP) is -0.191. The third-order valence-electron chi connectivity index (χ3n) is 2.65. The average molecular weight is 202 g/mol. The number of nitrogens with two attached hydrogens (primary N) is 1. The number of β-amino-alcohol motifs (C(OH)–C–C–N with tert-alkyl or cyclic N) is 1. The van der Waals surface area contributed by atoms with Gasteiger partial charge in [-0.3, -0.25) is 0 Å². The number of rotatable bonds is 6. The standard InChI is InChI=1S/C10H22N2O2/c11-4-1-9-14-10-2-5-12(6-3-10)7-8-13/h10,13H,1-9,11H2. The van der Waals surface area contributed by atoms with E-state index in [0.717, 1.165) is 45.5 Å². The van der Waals surface area contributed by atoms with Crippen molar-refractivity contribution in [3.05, 3.63) is 0 Å². The molecule has 0 saturated carbocycles. The Bertz CT molecular complexity index is 136. The highest BCUT2D eigenvalue weighted by molar-refractivity contribution is 4.72. The van der Waals surface area contributed by atoms with E-state index in [1.54, 1.807) is 0 Å². The molecule has 14 heavy (non-hydrogen) atoms. The van der Waals surface area contributed by atoms with Crippen LogP contribution in [0.15, 0.2) is 0 Å². The third kappa shape index (κ3) is 4.37. The summed E-state index contributed by atoms with van der Waals surface area (Å²) in [6, 6.07) is 0. The van der Waals surface area contributed by atoms with Crippen molar-refractivity contribution in [2.75, 3.05) is 39.4 Å². The molecule has 0 aromatic heterocycles. The summed E-state index contributed by atoms with van der Waals surface area (Å²) in [7, 11) is 0. The average Bonchev–Trinajstić information content (AvgIpc) is 2.21. The van der Waals surface area contributed by atoms with Crippen LogP contribution in [-0.2, 0) is 4.74 Å². The largest absolute Gasteiger partial charge is 0.395 e. The summed E-state index contributed by atoms with van der Waals surface area (Å²) >= 11 is 0. The van der Waals surface area contributed by atoms with E-state index in [4.69, 9.17) is 15.6 Å². The Morgan fingerprint density at radius 1 is 1.36 bits per heavy atom. The van der Waals surface area contributed by atoms with Crippen molar-refractivity contribution in [2.45, 2.75) is 25.4 Å². The van der Waals surface area contributed by atoms with Crippen LogP contribution in [0.1, 0.15) is 19.3 Å². The number of hydrogen-bond acceptors (Lipinski definition) is 4. The Hall–Kier alpha value is -0.160. The van der Waals surface area contributed by atoms with Gasteiger partial charge >= 0.3 is 0 Å². The van der Waals surface area contributed by atoms with Gasteiger partial charge in [-0.2, -0.15) is 0 Å². The molecule has 84 valence electrons. The van der Waals surface area contributed by atoms with E-state index in [9.17, 15) is 0 Å². The fourth-order valence-electron chi connectivity index (χ4n) is 1.77. The first-order valence-electron chi connectivity index (χ1n) is 5.51. The van der Waals surface area contributed by atoms with Crippen LogP contribution in [0.2, 0.25) is 0 Å². The summed E-state index contributed by atoms with van der Waals surface area (Å²) in [6.07, 6.45) is 3.54. The molecular formula is C10H22N2O2. The molecule has 1 heterocycles. The molecule has 0 atom stereocenters. The quantitative estimate of drug-likeness (QED) is 0.586. The second-order valence-electron chi connectivity index (χ2n) is 3.78. The molecule has 0 spiro atoms. The first-order chi connectivity index (χ1) is 6.86. The Balaban J connectivity index is 2.03. The van der Waals surface area contributed by atoms with E-state index in [1.807, 2.05) is 0 Å². The van der Waals surface area contributed by atoms with Crippen LogP contribution in [0.25, 0.3) is 0 Å². The van der Waals surface area contributed by atoms with Crippen molar-refractivity contribution in [3.8, 4) is 0 Å². The van der Waals surface area contributed by atoms with E-state index in [-0.39, 0.29) is 6.61 Å². The molecule has 1 rings (SSSR count). The van der Waals surface area contributed by atoms with Gasteiger partial charge in [0.15, 0.2) is 0 Å². The van der Waals surface area contributed by atoms with Crippen molar-refractivity contribution in [1.82, 2.24) is 4.90 Å². The number of aliphatic hydroxyl groups excluding tert-OH is 1. The molecule has 1 aliphatic rings. The lowest BCUT2D eigenvalue weighted by molar-refractivity contribution is 0.00451. The number of aliphatic hydroxyl groups is 1. The van der Waals surface area contributed by atoms with Crippen molar-refractivity contribution in [3.63, 3.8) is 0 Å². The minimum absolute atomic E-state index is 0.263. The molecule has 4 heteroatoms. The lowest BCUT2D eigenvalue weighted by Crippen LogP contribution is -2.38. The van der Waals surface area contributed by atoms with Gasteiger partial charge in [0.2, 0.25) is 0 Å². The minimum atomic E-state index is 0.263. The van der Waals surface area contributed by atoms with E-state index < -0.39 is 0 Å². The van der Waals surface area contributed by atoms with Gasteiger partial charge in [-0.15, -0.1) is 0 Å². The van der Waals surface area contributed by atoms with E-state index in [2.05, 4.69) is 4.90 Å². The Morgan fingerprint density at radius 3 is 2.64 bits per heavy atom. The molecule has 0 unspecified atom stereocenters. The highest BCUT2D eigenvalue weighted by atomic mass is 16.5. The van der Waals surface area contributed by atoms with Crippen molar-refractivity contribution >= 4 is 0 Å². The van der Waals surface area contributed by atoms with Crippen LogP contribution in [0.3, 0.4) is 0 Å². The number of nitrogens with zero attached hydrogens (tertiary/aromatic N) is 1. The van der Waals surface area contributed by atoms with Gasteiger partial charge in [-0.05, 0) is 25.8 Å². The molecular weight excluding hydrogens is 180 g/mol. The third-order valence-corrected chi connectivity index (χ3v) is 2.65. The molecule has 0 bridgehead atoms. The Kier molecular flexibility index (Phi) is 6.10. The number of hydrogen-bond donors (Lipinski definition) is 2. The summed E-state index contributed by atoms with van der Waals surface area (Å²) in [6.45, 7) is 4.67. The van der Waals surface area contributed by atoms with E-state index in [1.165, 1.54) is 0 Å². The molecule has 0 amide bonds. The summed E-state index contributed by atoms with van der Waals surface area (Å²) in [5, 5.41) is 8.77. The normalized spacial score (nSPS) is 20.1. The van der Waals surface area contributed by atoms with E-state index >= 15 is 0 Å². The summed E-state index contributed by atoms with van der Waals surface area (Å²) in [5.41, 5.74) is 5.39. The van der Waals surface area contributed by atoms with Gasteiger partial charge in [-0.1, -0.05) is 0 Å². The lowest BCUT2D eigenvalue weighted by Gasteiger charge is -2.31. The lowest BCUT2D eigenvalue weighted by atomic mass is 10.1. The zero-order valence-corrected chi connectivity index (χ0v) is 8.82. The van der Waals surface area contributed by atoms with Crippen LogP contribution < -0.4 is 5.73 Å². The number of piperidine rings is 1. The molecule has 3 N–H and O–H groups in total. The first kappa shape index (κ1) is 11.9. The van der Waals surface area contributed by atoms with Crippen LogP contribution >= 0.6 is 0 Å². The fourth-order valence-corrected chi connectivity index (χ4v) is 1.77. The summed E-state index contributed by atoms with van der Waals surface area (Å²) in [5.74, 6) is 0. The molecule has 0 aliphatic carbocycles. The monoisotopic (exact) mass is 202 g/mol. The van der Waals surface area contributed by atoms with Crippen molar-refractivity contribution in [2.24, 2.45) is 5.73 Å². The van der Waals surface area contributed by atoms with Gasteiger partial charge in [-0.25, -0.2) is 0 Å². The maximum absolute atomic E-state index is 8.77. The second-order valence-corrected chi connectivity index (χ2v) is 3.78. The van der Waals surface area contributed by atoms with Crippen LogP contribution in [0.4, 0.5) is 0 Å². The Labute approximate surface area is 86.0 Å². The highest BCUT2D eigenvalue weighted by Crippen LogP contribution is 2.13. The Morgan fingerprint density at radius 2 is 2.07 bits per heavy atom. The van der Waals surface area contributed by atoms with Crippen molar-refractivity contribution < 1.29 is 9.84 Å². The predicted molar refractivity (Wildman–Crippen MR) is 56.2 cm³/mol. The maximum atomic E-state index is 8.77. The molecule has 0 aromatic carbocycles. The zero-order chi connectivity index (χ0) is 10.2. The SMILES string of the molecule is NCCCOC1CCN(CCO)CC1. The topological polar surface area (TPSA) is 58.7 Å². The fraction of sp³-hybridized carbons (Fsp3) is 1.00. The number of ether oxygens (including phenoxy) is 1. The van der Waals surface area contributed by atoms with Gasteiger partial charge in [0.05, 0.1) is 12.7 Å². The number of likely N-dealkylation sites (tertiary alicyclic amines) is 1. The molecule has 0 radical (unpaired) electrons. The molecule has 0 aromatic rings. The summed E-state index contributed by atoms with van der Waals surface area (Å²) < 4.78 is 5.68. The zero-order valence-electron chi connectivity index (χ0n) is 8.82. The second kappa shape index (κ2) is 7.17. The highest BCUT2D eigenvalue weighted by Gasteiger charge is 2.18.